The minimum Gasteiger partial charge on any atom is -0.313 e. The SMILES string of the molecule is CCC(=O)CCCN(O)C(C)(C)C. The van der Waals surface area contributed by atoms with Crippen LogP contribution < -0.4 is 0 Å². The molecule has 0 aromatic heterocycles. The number of ketones is 1. The summed E-state index contributed by atoms with van der Waals surface area (Å²) in [7, 11) is 0. The molecule has 78 valence electrons. The quantitative estimate of drug-likeness (QED) is 0.671. The number of Topliss-reactive ketones (excluding diaryl/α,β-unsaturated/α-hetero) is 1. The lowest BCUT2D eigenvalue weighted by atomic mass is 10.1. The Hall–Kier alpha value is -0.410. The first-order valence-corrected chi connectivity index (χ1v) is 4.86. The van der Waals surface area contributed by atoms with Crippen molar-refractivity contribution in [1.82, 2.24) is 5.06 Å². The lowest BCUT2D eigenvalue weighted by molar-refractivity contribution is -0.156. The van der Waals surface area contributed by atoms with Gasteiger partial charge < -0.3 is 5.21 Å². The van der Waals surface area contributed by atoms with E-state index in [-0.39, 0.29) is 11.3 Å². The van der Waals surface area contributed by atoms with Crippen LogP contribution >= 0.6 is 0 Å². The van der Waals surface area contributed by atoms with Crippen LogP contribution in [-0.2, 0) is 4.79 Å². The van der Waals surface area contributed by atoms with Crippen molar-refractivity contribution < 1.29 is 10.0 Å². The maximum Gasteiger partial charge on any atom is 0.132 e. The molecule has 0 aliphatic carbocycles. The van der Waals surface area contributed by atoms with Gasteiger partial charge in [0.1, 0.15) is 5.78 Å². The molecule has 0 spiro atoms. The van der Waals surface area contributed by atoms with Crippen LogP contribution in [-0.4, -0.2) is 28.1 Å². The number of rotatable bonds is 5. The maximum absolute atomic E-state index is 10.9. The molecule has 0 amide bonds. The van der Waals surface area contributed by atoms with Crippen LogP contribution in [0.25, 0.3) is 0 Å². The van der Waals surface area contributed by atoms with Crippen LogP contribution in [0.3, 0.4) is 0 Å². The predicted molar refractivity (Wildman–Crippen MR) is 52.8 cm³/mol. The monoisotopic (exact) mass is 187 g/mol. The molecule has 0 aliphatic heterocycles. The Morgan fingerprint density at radius 1 is 1.38 bits per heavy atom. The summed E-state index contributed by atoms with van der Waals surface area (Å²) in [6, 6.07) is 0. The van der Waals surface area contributed by atoms with Crippen molar-refractivity contribution in [3.63, 3.8) is 0 Å². The number of hydrogen-bond donors (Lipinski definition) is 1. The average Bonchev–Trinajstić information content (AvgIpc) is 2.02. The molecule has 3 heteroatoms. The molecule has 3 nitrogen and oxygen atoms in total. The van der Waals surface area contributed by atoms with Crippen molar-refractivity contribution >= 4 is 5.78 Å². The summed E-state index contributed by atoms with van der Waals surface area (Å²) >= 11 is 0. The highest BCUT2D eigenvalue weighted by Gasteiger charge is 2.18. The van der Waals surface area contributed by atoms with Gasteiger partial charge in [-0.3, -0.25) is 4.79 Å². The first kappa shape index (κ1) is 12.6. The highest BCUT2D eigenvalue weighted by Crippen LogP contribution is 2.10. The van der Waals surface area contributed by atoms with Gasteiger partial charge in [-0.15, -0.1) is 0 Å². The van der Waals surface area contributed by atoms with E-state index >= 15 is 0 Å². The normalized spacial score (nSPS) is 12.2. The highest BCUT2D eigenvalue weighted by molar-refractivity contribution is 5.77. The first-order valence-electron chi connectivity index (χ1n) is 4.86. The molecular weight excluding hydrogens is 166 g/mol. The van der Waals surface area contributed by atoms with E-state index in [0.29, 0.717) is 19.4 Å². The molecule has 0 rings (SSSR count). The Morgan fingerprint density at radius 2 is 1.92 bits per heavy atom. The zero-order valence-electron chi connectivity index (χ0n) is 9.13. The number of hydrogen-bond acceptors (Lipinski definition) is 3. The fraction of sp³-hybridized carbons (Fsp3) is 0.900. The van der Waals surface area contributed by atoms with Crippen molar-refractivity contribution in [1.29, 1.82) is 0 Å². The molecule has 0 heterocycles. The molecule has 0 aliphatic rings. The molecule has 13 heavy (non-hydrogen) atoms. The second kappa shape index (κ2) is 5.35. The largest absolute Gasteiger partial charge is 0.313 e. The molecule has 0 saturated heterocycles. The van der Waals surface area contributed by atoms with Crippen molar-refractivity contribution in [3.8, 4) is 0 Å². The lowest BCUT2D eigenvalue weighted by Crippen LogP contribution is -2.39. The molecular formula is C10H21NO2. The Bertz CT molecular complexity index is 161. The van der Waals surface area contributed by atoms with Gasteiger partial charge in [-0.2, -0.15) is 5.06 Å². The molecule has 0 radical (unpaired) electrons. The number of nitrogens with zero attached hydrogens (tertiary/aromatic N) is 1. The third-order valence-corrected chi connectivity index (χ3v) is 1.99. The number of carbonyl (C=O) groups is 1. The summed E-state index contributed by atoms with van der Waals surface area (Å²) in [5.41, 5.74) is -0.227. The molecule has 1 N–H and O–H groups in total. The van der Waals surface area contributed by atoms with Crippen molar-refractivity contribution in [2.24, 2.45) is 0 Å². The topological polar surface area (TPSA) is 40.5 Å². The average molecular weight is 187 g/mol. The zero-order chi connectivity index (χ0) is 10.5. The van der Waals surface area contributed by atoms with Crippen molar-refractivity contribution in [2.75, 3.05) is 6.54 Å². The second-order valence-electron chi connectivity index (χ2n) is 4.29. The molecule has 0 atom stereocenters. The Balaban J connectivity index is 3.60. The highest BCUT2D eigenvalue weighted by atomic mass is 16.5. The molecule has 0 aromatic carbocycles. The van der Waals surface area contributed by atoms with Gasteiger partial charge in [-0.1, -0.05) is 6.92 Å². The van der Waals surface area contributed by atoms with Crippen LogP contribution in [0, 0.1) is 0 Å². The van der Waals surface area contributed by atoms with Gasteiger partial charge in [-0.05, 0) is 27.2 Å². The minimum atomic E-state index is -0.227. The fourth-order valence-corrected chi connectivity index (χ4v) is 0.938. The first-order chi connectivity index (χ1) is 5.88. The van der Waals surface area contributed by atoms with E-state index in [1.807, 2.05) is 27.7 Å². The van der Waals surface area contributed by atoms with E-state index in [1.165, 1.54) is 5.06 Å². The van der Waals surface area contributed by atoms with Gasteiger partial charge in [0.15, 0.2) is 0 Å². The van der Waals surface area contributed by atoms with Gasteiger partial charge in [0, 0.05) is 24.9 Å². The third kappa shape index (κ3) is 5.77. The van der Waals surface area contributed by atoms with E-state index in [1.54, 1.807) is 0 Å². The minimum absolute atomic E-state index is 0.227. The van der Waals surface area contributed by atoms with Crippen LogP contribution in [0.15, 0.2) is 0 Å². The predicted octanol–water partition coefficient (Wildman–Crippen LogP) is 2.24. The van der Waals surface area contributed by atoms with Crippen LogP contribution in [0.5, 0.6) is 0 Å². The Labute approximate surface area is 80.7 Å². The van der Waals surface area contributed by atoms with Gasteiger partial charge in [0.25, 0.3) is 0 Å². The smallest absolute Gasteiger partial charge is 0.132 e. The molecule has 0 unspecified atom stereocenters. The number of hydroxylamine groups is 2. The number of carbonyl (C=O) groups excluding carboxylic acids is 1. The molecule has 0 saturated carbocycles. The lowest BCUT2D eigenvalue weighted by Gasteiger charge is -2.29. The fourth-order valence-electron chi connectivity index (χ4n) is 0.938. The van der Waals surface area contributed by atoms with Gasteiger partial charge in [-0.25, -0.2) is 0 Å². The van der Waals surface area contributed by atoms with Crippen LogP contribution in [0.4, 0.5) is 0 Å². The molecule has 0 fully saturated rings. The van der Waals surface area contributed by atoms with E-state index in [0.717, 1.165) is 6.42 Å². The summed E-state index contributed by atoms with van der Waals surface area (Å²) < 4.78 is 0. The zero-order valence-corrected chi connectivity index (χ0v) is 9.13. The van der Waals surface area contributed by atoms with E-state index < -0.39 is 0 Å². The molecule has 0 bridgehead atoms. The van der Waals surface area contributed by atoms with Crippen molar-refractivity contribution in [3.05, 3.63) is 0 Å². The maximum atomic E-state index is 10.9. The summed E-state index contributed by atoms with van der Waals surface area (Å²) in [4.78, 5) is 10.9. The van der Waals surface area contributed by atoms with Gasteiger partial charge in [0.05, 0.1) is 0 Å². The standard InChI is InChI=1S/C10H21NO2/c1-5-9(12)7-6-8-11(13)10(2,3)4/h13H,5-8H2,1-4H3. The van der Waals surface area contributed by atoms with Gasteiger partial charge >= 0.3 is 0 Å². The summed E-state index contributed by atoms with van der Waals surface area (Å²) in [5.74, 6) is 0.266. The second-order valence-corrected chi connectivity index (χ2v) is 4.29. The van der Waals surface area contributed by atoms with E-state index in [4.69, 9.17) is 0 Å². The third-order valence-electron chi connectivity index (χ3n) is 1.99. The summed E-state index contributed by atoms with van der Waals surface area (Å²) in [5, 5.41) is 10.8. The molecule has 0 aromatic rings. The van der Waals surface area contributed by atoms with E-state index in [9.17, 15) is 10.0 Å². The Kier molecular flexibility index (Phi) is 5.18. The van der Waals surface area contributed by atoms with Crippen molar-refractivity contribution in [2.45, 2.75) is 52.5 Å². The van der Waals surface area contributed by atoms with Gasteiger partial charge in [0.2, 0.25) is 0 Å². The summed E-state index contributed by atoms with van der Waals surface area (Å²) in [6.45, 7) is 8.25. The van der Waals surface area contributed by atoms with Crippen LogP contribution in [0.2, 0.25) is 0 Å². The van der Waals surface area contributed by atoms with Crippen LogP contribution in [0.1, 0.15) is 47.0 Å². The Morgan fingerprint density at radius 3 is 2.31 bits per heavy atom. The van der Waals surface area contributed by atoms with E-state index in [2.05, 4.69) is 0 Å². The summed E-state index contributed by atoms with van der Waals surface area (Å²) in [6.07, 6.45) is 1.91.